The summed E-state index contributed by atoms with van der Waals surface area (Å²) in [7, 11) is 4.09. The number of likely N-dealkylation sites (N-methyl/N-ethyl adjacent to an activating group) is 1. The number of amides is 1. The highest BCUT2D eigenvalue weighted by atomic mass is 16.5. The van der Waals surface area contributed by atoms with E-state index in [4.69, 9.17) is 4.74 Å². The average molecular weight is 380 g/mol. The molecular weight excluding hydrogens is 342 g/mol. The van der Waals surface area contributed by atoms with Crippen LogP contribution in [0.15, 0.2) is 4.99 Å². The van der Waals surface area contributed by atoms with Gasteiger partial charge in [0, 0.05) is 58.3 Å². The number of likely N-dealkylation sites (tertiary alicyclic amines) is 1. The first-order valence-corrected chi connectivity index (χ1v) is 10.7. The zero-order valence-corrected chi connectivity index (χ0v) is 17.2. The van der Waals surface area contributed by atoms with Crippen molar-refractivity contribution in [3.05, 3.63) is 0 Å². The smallest absolute Gasteiger partial charge is 0.225 e. The van der Waals surface area contributed by atoms with Crippen LogP contribution in [0, 0.1) is 5.92 Å². The van der Waals surface area contributed by atoms with Gasteiger partial charge in [-0.15, -0.1) is 0 Å². The number of ether oxygens (including phenoxy) is 1. The van der Waals surface area contributed by atoms with Crippen molar-refractivity contribution in [2.24, 2.45) is 10.9 Å². The zero-order chi connectivity index (χ0) is 19.1. The molecule has 0 spiro atoms. The van der Waals surface area contributed by atoms with Gasteiger partial charge >= 0.3 is 0 Å². The topological polar surface area (TPSA) is 60.4 Å². The minimum atomic E-state index is 0.158. The molecule has 0 aromatic heterocycles. The van der Waals surface area contributed by atoms with Gasteiger partial charge in [-0.05, 0) is 32.7 Å². The first-order chi connectivity index (χ1) is 13.2. The van der Waals surface area contributed by atoms with E-state index >= 15 is 0 Å². The molecule has 1 saturated carbocycles. The van der Waals surface area contributed by atoms with Crippen LogP contribution in [0.3, 0.4) is 0 Å². The normalized spacial score (nSPS) is 23.3. The van der Waals surface area contributed by atoms with Crippen LogP contribution in [0.5, 0.6) is 0 Å². The van der Waals surface area contributed by atoms with Crippen LogP contribution in [0.25, 0.3) is 0 Å². The highest BCUT2D eigenvalue weighted by Gasteiger charge is 2.30. The summed E-state index contributed by atoms with van der Waals surface area (Å²) in [6.07, 6.45) is 7.27. The van der Waals surface area contributed by atoms with Gasteiger partial charge in [-0.1, -0.05) is 12.8 Å². The van der Waals surface area contributed by atoms with Crippen molar-refractivity contribution in [3.63, 3.8) is 0 Å². The van der Waals surface area contributed by atoms with Gasteiger partial charge in [0.25, 0.3) is 0 Å². The number of nitrogens with zero attached hydrogens (tertiary/aromatic N) is 4. The molecule has 0 aromatic rings. The summed E-state index contributed by atoms with van der Waals surface area (Å²) in [4.78, 5) is 23.9. The molecule has 0 radical (unpaired) electrons. The maximum atomic E-state index is 12.7. The number of hydrogen-bond acceptors (Lipinski definition) is 4. The van der Waals surface area contributed by atoms with Crippen LogP contribution in [-0.2, 0) is 9.53 Å². The van der Waals surface area contributed by atoms with Crippen LogP contribution in [0.1, 0.15) is 38.5 Å². The number of hydrogen-bond donors (Lipinski definition) is 1. The van der Waals surface area contributed by atoms with Crippen LogP contribution < -0.4 is 5.32 Å². The van der Waals surface area contributed by atoms with Crippen molar-refractivity contribution in [1.82, 2.24) is 20.0 Å². The summed E-state index contributed by atoms with van der Waals surface area (Å²) in [5.41, 5.74) is 0. The minimum absolute atomic E-state index is 0.158. The lowest BCUT2D eigenvalue weighted by atomic mass is 9.95. The van der Waals surface area contributed by atoms with Crippen molar-refractivity contribution in [2.75, 3.05) is 66.6 Å². The largest absolute Gasteiger partial charge is 0.378 e. The quantitative estimate of drug-likeness (QED) is 0.571. The third-order valence-corrected chi connectivity index (χ3v) is 6.37. The van der Waals surface area contributed by atoms with Crippen molar-refractivity contribution in [3.8, 4) is 0 Å². The fourth-order valence-electron chi connectivity index (χ4n) is 4.58. The molecule has 0 atom stereocenters. The average Bonchev–Trinajstić information content (AvgIpc) is 3.26. The molecule has 0 aromatic carbocycles. The maximum absolute atomic E-state index is 12.7. The molecule has 2 heterocycles. The van der Waals surface area contributed by atoms with Gasteiger partial charge < -0.3 is 24.8 Å². The Morgan fingerprint density at radius 2 is 1.74 bits per heavy atom. The van der Waals surface area contributed by atoms with Crippen LogP contribution >= 0.6 is 0 Å². The Morgan fingerprint density at radius 3 is 2.37 bits per heavy atom. The number of morpholine rings is 1. The maximum Gasteiger partial charge on any atom is 0.225 e. The highest BCUT2D eigenvalue weighted by molar-refractivity contribution is 5.81. The lowest BCUT2D eigenvalue weighted by Crippen LogP contribution is -2.50. The zero-order valence-electron chi connectivity index (χ0n) is 17.2. The Balaban J connectivity index is 1.38. The minimum Gasteiger partial charge on any atom is -0.378 e. The molecule has 2 aliphatic heterocycles. The fourth-order valence-corrected chi connectivity index (χ4v) is 4.58. The number of rotatable bonds is 5. The van der Waals surface area contributed by atoms with Crippen molar-refractivity contribution in [1.29, 1.82) is 0 Å². The Labute approximate surface area is 164 Å². The van der Waals surface area contributed by atoms with Crippen molar-refractivity contribution in [2.45, 2.75) is 44.6 Å². The number of carbonyl (C=O) groups is 1. The van der Waals surface area contributed by atoms with E-state index in [9.17, 15) is 4.79 Å². The van der Waals surface area contributed by atoms with Gasteiger partial charge in [-0.25, -0.2) is 0 Å². The lowest BCUT2D eigenvalue weighted by Gasteiger charge is -2.37. The number of nitrogens with one attached hydrogen (secondary N) is 1. The molecule has 3 fully saturated rings. The highest BCUT2D eigenvalue weighted by Crippen LogP contribution is 2.22. The fraction of sp³-hybridized carbons (Fsp3) is 0.900. The molecule has 7 nitrogen and oxygen atoms in total. The van der Waals surface area contributed by atoms with E-state index < -0.39 is 0 Å². The Morgan fingerprint density at radius 1 is 1.07 bits per heavy atom. The van der Waals surface area contributed by atoms with Gasteiger partial charge in [0.1, 0.15) is 0 Å². The van der Waals surface area contributed by atoms with Crippen molar-refractivity contribution < 1.29 is 9.53 Å². The van der Waals surface area contributed by atoms with Gasteiger partial charge in [-0.2, -0.15) is 0 Å². The third-order valence-electron chi connectivity index (χ3n) is 6.37. The Hall–Kier alpha value is -1.34. The first kappa shape index (κ1) is 20.4. The summed E-state index contributed by atoms with van der Waals surface area (Å²) < 4.78 is 5.36. The molecule has 1 N–H and O–H groups in total. The second kappa shape index (κ2) is 10.3. The molecule has 0 unspecified atom stereocenters. The summed E-state index contributed by atoms with van der Waals surface area (Å²) >= 11 is 0. The van der Waals surface area contributed by atoms with Gasteiger partial charge in [0.05, 0.1) is 13.2 Å². The van der Waals surface area contributed by atoms with E-state index in [0.29, 0.717) is 19.1 Å². The molecule has 7 heteroatoms. The SMILES string of the molecule is CN=C(NCCN(C)C1CCCC1)N1CCC(C(=O)N2CCOCC2)CC1. The predicted molar refractivity (Wildman–Crippen MR) is 108 cm³/mol. The van der Waals surface area contributed by atoms with Crippen molar-refractivity contribution >= 4 is 11.9 Å². The van der Waals surface area contributed by atoms with E-state index in [1.165, 1.54) is 25.7 Å². The number of carbonyl (C=O) groups excluding carboxylic acids is 1. The summed E-state index contributed by atoms with van der Waals surface area (Å²) in [5.74, 6) is 1.46. The van der Waals surface area contributed by atoms with Gasteiger partial charge in [-0.3, -0.25) is 9.79 Å². The number of aliphatic imine (C=N–C) groups is 1. The molecule has 27 heavy (non-hydrogen) atoms. The molecule has 1 amide bonds. The molecule has 0 bridgehead atoms. The van der Waals surface area contributed by atoms with E-state index in [-0.39, 0.29) is 5.92 Å². The molecule has 154 valence electrons. The third kappa shape index (κ3) is 5.57. The molecule has 3 rings (SSSR count). The summed E-state index contributed by atoms with van der Waals surface area (Å²) in [6, 6.07) is 0.760. The van der Waals surface area contributed by atoms with Crippen LogP contribution in [0.2, 0.25) is 0 Å². The first-order valence-electron chi connectivity index (χ1n) is 10.7. The number of piperidine rings is 1. The number of guanidine groups is 1. The lowest BCUT2D eigenvalue weighted by molar-refractivity contribution is -0.140. The molecule has 2 saturated heterocycles. The van der Waals surface area contributed by atoms with Gasteiger partial charge in [0.2, 0.25) is 5.91 Å². The van der Waals surface area contributed by atoms with E-state index in [0.717, 1.165) is 64.1 Å². The van der Waals surface area contributed by atoms with E-state index in [1.807, 2.05) is 11.9 Å². The summed E-state index contributed by atoms with van der Waals surface area (Å²) in [6.45, 7) is 6.63. The van der Waals surface area contributed by atoms with Gasteiger partial charge in [0.15, 0.2) is 5.96 Å². The molecule has 1 aliphatic carbocycles. The monoisotopic (exact) mass is 379 g/mol. The second-order valence-electron chi connectivity index (χ2n) is 8.09. The van der Waals surface area contributed by atoms with Crippen LogP contribution in [-0.4, -0.2) is 99.2 Å². The second-order valence-corrected chi connectivity index (χ2v) is 8.09. The molecular formula is C20H37N5O2. The van der Waals surface area contributed by atoms with E-state index in [1.54, 1.807) is 0 Å². The standard InChI is InChI=1S/C20H37N5O2/c1-21-20(22-9-12-23(2)18-5-3-4-6-18)25-10-7-17(8-11-25)19(26)24-13-15-27-16-14-24/h17-18H,3-16H2,1-2H3,(H,21,22). The van der Waals surface area contributed by atoms with E-state index in [2.05, 4.69) is 27.2 Å². The van der Waals surface area contributed by atoms with Crippen LogP contribution in [0.4, 0.5) is 0 Å². The Kier molecular flexibility index (Phi) is 7.76. The molecule has 3 aliphatic rings. The Bertz CT molecular complexity index is 493. The summed E-state index contributed by atoms with van der Waals surface area (Å²) in [5, 5.41) is 3.52. The predicted octanol–water partition coefficient (Wildman–Crippen LogP) is 1.01.